The molecule has 0 spiro atoms. The fourth-order valence-electron chi connectivity index (χ4n) is 2.48. The van der Waals surface area contributed by atoms with Crippen LogP contribution in [0.3, 0.4) is 0 Å². The SMILES string of the molecule is CCc1ccc(F)c(C2(C)CCCN2)c1F. The minimum atomic E-state index is -0.542. The number of hydrogen-bond acceptors (Lipinski definition) is 1. The predicted molar refractivity (Wildman–Crippen MR) is 60.3 cm³/mol. The van der Waals surface area contributed by atoms with E-state index in [1.165, 1.54) is 12.1 Å². The van der Waals surface area contributed by atoms with Gasteiger partial charge in [0.1, 0.15) is 11.6 Å². The van der Waals surface area contributed by atoms with Crippen molar-refractivity contribution < 1.29 is 8.78 Å². The summed E-state index contributed by atoms with van der Waals surface area (Å²) >= 11 is 0. The first-order valence-electron chi connectivity index (χ1n) is 5.81. The van der Waals surface area contributed by atoms with Gasteiger partial charge >= 0.3 is 0 Å². The van der Waals surface area contributed by atoms with Crippen LogP contribution in [0, 0.1) is 11.6 Å². The second kappa shape index (κ2) is 4.13. The average molecular weight is 225 g/mol. The van der Waals surface area contributed by atoms with Crippen molar-refractivity contribution in [2.75, 3.05) is 6.54 Å². The molecule has 0 aromatic heterocycles. The predicted octanol–water partition coefficient (Wildman–Crippen LogP) is 3.13. The van der Waals surface area contributed by atoms with Crippen molar-refractivity contribution >= 4 is 0 Å². The maximum absolute atomic E-state index is 14.2. The zero-order chi connectivity index (χ0) is 11.8. The second-order valence-electron chi connectivity index (χ2n) is 4.61. The topological polar surface area (TPSA) is 12.0 Å². The number of hydrogen-bond donors (Lipinski definition) is 1. The van der Waals surface area contributed by atoms with Gasteiger partial charge in [-0.2, -0.15) is 0 Å². The van der Waals surface area contributed by atoms with Crippen LogP contribution in [0.25, 0.3) is 0 Å². The van der Waals surface area contributed by atoms with Crippen molar-refractivity contribution in [2.45, 2.75) is 38.6 Å². The summed E-state index contributed by atoms with van der Waals surface area (Å²) < 4.78 is 27.9. The van der Waals surface area contributed by atoms with Gasteiger partial charge in [0.25, 0.3) is 0 Å². The average Bonchev–Trinajstić information content (AvgIpc) is 2.66. The first-order chi connectivity index (χ1) is 7.58. The molecular formula is C13H17F2N. The zero-order valence-corrected chi connectivity index (χ0v) is 9.74. The lowest BCUT2D eigenvalue weighted by molar-refractivity contribution is 0.384. The molecule has 0 aliphatic carbocycles. The van der Waals surface area contributed by atoms with E-state index in [0.29, 0.717) is 12.0 Å². The zero-order valence-electron chi connectivity index (χ0n) is 9.74. The van der Waals surface area contributed by atoms with E-state index in [4.69, 9.17) is 0 Å². The van der Waals surface area contributed by atoms with Crippen LogP contribution in [0.1, 0.15) is 37.8 Å². The van der Waals surface area contributed by atoms with E-state index in [1.807, 2.05) is 13.8 Å². The van der Waals surface area contributed by atoms with Crippen molar-refractivity contribution in [1.82, 2.24) is 5.32 Å². The minimum absolute atomic E-state index is 0.212. The van der Waals surface area contributed by atoms with Crippen LogP contribution >= 0.6 is 0 Å². The van der Waals surface area contributed by atoms with Crippen LogP contribution in [0.2, 0.25) is 0 Å². The Morgan fingerprint density at radius 3 is 2.69 bits per heavy atom. The monoisotopic (exact) mass is 225 g/mol. The van der Waals surface area contributed by atoms with Gasteiger partial charge in [-0.25, -0.2) is 8.78 Å². The molecule has 1 N–H and O–H groups in total. The van der Waals surface area contributed by atoms with E-state index in [2.05, 4.69) is 5.32 Å². The molecule has 1 aromatic carbocycles. The Balaban J connectivity index is 2.54. The Labute approximate surface area is 94.9 Å². The minimum Gasteiger partial charge on any atom is -0.307 e. The molecular weight excluding hydrogens is 208 g/mol. The fraction of sp³-hybridized carbons (Fsp3) is 0.538. The van der Waals surface area contributed by atoms with Crippen molar-refractivity contribution in [1.29, 1.82) is 0 Å². The molecule has 2 rings (SSSR count). The molecule has 0 amide bonds. The highest BCUT2D eigenvalue weighted by molar-refractivity contribution is 5.33. The molecule has 1 aliphatic rings. The molecule has 16 heavy (non-hydrogen) atoms. The third-order valence-electron chi connectivity index (χ3n) is 3.47. The van der Waals surface area contributed by atoms with Crippen LogP contribution in [0.5, 0.6) is 0 Å². The van der Waals surface area contributed by atoms with Crippen LogP contribution in [0.15, 0.2) is 12.1 Å². The van der Waals surface area contributed by atoms with Gasteiger partial charge in [-0.05, 0) is 44.4 Å². The van der Waals surface area contributed by atoms with E-state index in [-0.39, 0.29) is 11.4 Å². The van der Waals surface area contributed by atoms with Crippen molar-refractivity contribution in [2.24, 2.45) is 0 Å². The van der Waals surface area contributed by atoms with Gasteiger partial charge in [0.2, 0.25) is 0 Å². The highest BCUT2D eigenvalue weighted by Crippen LogP contribution is 2.34. The molecule has 0 radical (unpaired) electrons. The lowest BCUT2D eigenvalue weighted by atomic mass is 9.88. The highest BCUT2D eigenvalue weighted by atomic mass is 19.1. The summed E-state index contributed by atoms with van der Waals surface area (Å²) in [6.45, 7) is 4.58. The Hall–Kier alpha value is -0.960. The van der Waals surface area contributed by atoms with Gasteiger partial charge in [0.15, 0.2) is 0 Å². The summed E-state index contributed by atoms with van der Waals surface area (Å²) in [6, 6.07) is 2.91. The maximum atomic E-state index is 14.2. The quantitative estimate of drug-likeness (QED) is 0.815. The standard InChI is InChI=1S/C13H17F2N/c1-3-9-5-6-10(14)11(12(9)15)13(2)7-4-8-16-13/h5-6,16H,3-4,7-8H2,1-2H3. The molecule has 1 atom stereocenters. The van der Waals surface area contributed by atoms with Crippen molar-refractivity contribution in [3.63, 3.8) is 0 Å². The summed E-state index contributed by atoms with van der Waals surface area (Å²) in [5, 5.41) is 3.20. The van der Waals surface area contributed by atoms with E-state index in [1.54, 1.807) is 0 Å². The number of halogens is 2. The van der Waals surface area contributed by atoms with Gasteiger partial charge in [-0.1, -0.05) is 13.0 Å². The Bertz CT molecular complexity index is 395. The summed E-state index contributed by atoms with van der Waals surface area (Å²) in [5.74, 6) is -0.814. The molecule has 88 valence electrons. The van der Waals surface area contributed by atoms with Gasteiger partial charge in [0.05, 0.1) is 0 Å². The fourth-order valence-corrected chi connectivity index (χ4v) is 2.48. The summed E-state index contributed by atoms with van der Waals surface area (Å²) in [4.78, 5) is 0. The Morgan fingerprint density at radius 2 is 2.12 bits per heavy atom. The van der Waals surface area contributed by atoms with Crippen LogP contribution in [0.4, 0.5) is 8.78 Å². The summed E-state index contributed by atoms with van der Waals surface area (Å²) in [7, 11) is 0. The molecule has 1 fully saturated rings. The molecule has 0 saturated carbocycles. The molecule has 1 unspecified atom stereocenters. The Kier molecular flexibility index (Phi) is 2.98. The van der Waals surface area contributed by atoms with Gasteiger partial charge in [0, 0.05) is 11.1 Å². The molecule has 3 heteroatoms. The van der Waals surface area contributed by atoms with Crippen molar-refractivity contribution in [3.8, 4) is 0 Å². The highest BCUT2D eigenvalue weighted by Gasteiger charge is 2.35. The summed E-state index contributed by atoms with van der Waals surface area (Å²) in [5.41, 5.74) is 0.259. The first-order valence-corrected chi connectivity index (χ1v) is 5.81. The number of aryl methyl sites for hydroxylation is 1. The summed E-state index contributed by atoms with van der Waals surface area (Å²) in [6.07, 6.45) is 2.34. The largest absolute Gasteiger partial charge is 0.307 e. The second-order valence-corrected chi connectivity index (χ2v) is 4.61. The third-order valence-corrected chi connectivity index (χ3v) is 3.47. The third kappa shape index (κ3) is 1.73. The lowest BCUT2D eigenvalue weighted by Gasteiger charge is -2.26. The molecule has 1 aromatic rings. The Morgan fingerprint density at radius 1 is 1.38 bits per heavy atom. The number of rotatable bonds is 2. The van der Waals surface area contributed by atoms with Crippen LogP contribution < -0.4 is 5.32 Å². The number of benzene rings is 1. The molecule has 1 aliphatic heterocycles. The smallest absolute Gasteiger partial charge is 0.134 e. The normalized spacial score (nSPS) is 25.0. The molecule has 1 nitrogen and oxygen atoms in total. The molecule has 1 saturated heterocycles. The maximum Gasteiger partial charge on any atom is 0.134 e. The van der Waals surface area contributed by atoms with E-state index < -0.39 is 11.4 Å². The van der Waals surface area contributed by atoms with E-state index >= 15 is 0 Å². The molecule has 1 heterocycles. The van der Waals surface area contributed by atoms with E-state index in [9.17, 15) is 8.78 Å². The lowest BCUT2D eigenvalue weighted by Crippen LogP contribution is -2.35. The van der Waals surface area contributed by atoms with Crippen LogP contribution in [-0.4, -0.2) is 6.54 Å². The molecule has 0 bridgehead atoms. The first kappa shape index (κ1) is 11.5. The van der Waals surface area contributed by atoms with Gasteiger partial charge in [-0.3, -0.25) is 0 Å². The number of nitrogens with one attached hydrogen (secondary N) is 1. The van der Waals surface area contributed by atoms with Gasteiger partial charge < -0.3 is 5.32 Å². The van der Waals surface area contributed by atoms with Gasteiger partial charge in [-0.15, -0.1) is 0 Å². The van der Waals surface area contributed by atoms with Crippen molar-refractivity contribution in [3.05, 3.63) is 34.9 Å². The van der Waals surface area contributed by atoms with E-state index in [0.717, 1.165) is 19.4 Å². The van der Waals surface area contributed by atoms with Crippen LogP contribution in [-0.2, 0) is 12.0 Å².